The van der Waals surface area contributed by atoms with Gasteiger partial charge in [0, 0.05) is 23.0 Å². The van der Waals surface area contributed by atoms with Gasteiger partial charge in [-0.05, 0) is 48.1 Å². The molecule has 0 fully saturated rings. The molecule has 1 aromatic rings. The minimum atomic E-state index is 0.0764. The summed E-state index contributed by atoms with van der Waals surface area (Å²) in [6.07, 6.45) is 0.552. The van der Waals surface area contributed by atoms with E-state index in [9.17, 15) is 4.79 Å². The quantitative estimate of drug-likeness (QED) is 0.860. The predicted molar refractivity (Wildman–Crippen MR) is 68.7 cm³/mol. The molecule has 0 saturated heterocycles. The van der Waals surface area contributed by atoms with Crippen molar-refractivity contribution in [2.24, 2.45) is 0 Å². The summed E-state index contributed by atoms with van der Waals surface area (Å²) in [5, 5.41) is 5.23. The Kier molecular flexibility index (Phi) is 4.49. The van der Waals surface area contributed by atoms with Gasteiger partial charge in [-0.3, -0.25) is 4.79 Å². The summed E-state index contributed by atoms with van der Waals surface area (Å²) in [5.41, 5.74) is 0.0764. The molecule has 0 radical (unpaired) electrons. The first-order valence-corrected chi connectivity index (χ1v) is 6.58. The highest BCUT2D eigenvalue weighted by Crippen LogP contribution is 2.23. The highest BCUT2D eigenvalue weighted by Gasteiger charge is 2.13. The van der Waals surface area contributed by atoms with Gasteiger partial charge in [0.1, 0.15) is 0 Å². The van der Waals surface area contributed by atoms with Crippen LogP contribution in [0.25, 0.3) is 0 Å². The summed E-state index contributed by atoms with van der Waals surface area (Å²) >= 11 is 4.86. The normalized spacial score (nSPS) is 11.7. The Hall–Kier alpha value is -0.190. The molecule has 0 aliphatic carbocycles. The maximum atomic E-state index is 11.8. The van der Waals surface area contributed by atoms with E-state index in [1.165, 1.54) is 11.3 Å². The molecule has 0 atom stereocenters. The van der Waals surface area contributed by atoms with Crippen molar-refractivity contribution in [1.29, 1.82) is 0 Å². The highest BCUT2D eigenvalue weighted by atomic mass is 79.9. The number of carbonyl (C=O) groups excluding carboxylic acids is 1. The standard InChI is InChI=1S/C11H16BrNOS/c1-11(2,3)13-6-4-9(14)10-8(12)5-7-15-10/h5,7,13H,4,6H2,1-3H3. The Labute approximate surface area is 103 Å². The molecule has 84 valence electrons. The van der Waals surface area contributed by atoms with Crippen molar-refractivity contribution >= 4 is 33.0 Å². The van der Waals surface area contributed by atoms with Crippen molar-refractivity contribution in [3.63, 3.8) is 0 Å². The topological polar surface area (TPSA) is 29.1 Å². The van der Waals surface area contributed by atoms with E-state index < -0.39 is 0 Å². The van der Waals surface area contributed by atoms with E-state index in [4.69, 9.17) is 0 Å². The minimum absolute atomic E-state index is 0.0764. The van der Waals surface area contributed by atoms with Gasteiger partial charge >= 0.3 is 0 Å². The monoisotopic (exact) mass is 289 g/mol. The van der Waals surface area contributed by atoms with E-state index in [2.05, 4.69) is 42.0 Å². The lowest BCUT2D eigenvalue weighted by Crippen LogP contribution is -2.37. The molecule has 2 nitrogen and oxygen atoms in total. The van der Waals surface area contributed by atoms with Gasteiger partial charge < -0.3 is 5.32 Å². The fourth-order valence-electron chi connectivity index (χ4n) is 1.16. The summed E-state index contributed by atoms with van der Waals surface area (Å²) in [7, 11) is 0. The second kappa shape index (κ2) is 5.23. The number of hydrogen-bond donors (Lipinski definition) is 1. The van der Waals surface area contributed by atoms with E-state index in [0.717, 1.165) is 15.9 Å². The van der Waals surface area contributed by atoms with Crippen molar-refractivity contribution in [1.82, 2.24) is 5.32 Å². The van der Waals surface area contributed by atoms with Gasteiger partial charge in [-0.25, -0.2) is 0 Å². The fourth-order valence-corrected chi connectivity index (χ4v) is 2.72. The molecular weight excluding hydrogens is 274 g/mol. The lowest BCUT2D eigenvalue weighted by molar-refractivity contribution is 0.0984. The molecule has 0 saturated carbocycles. The van der Waals surface area contributed by atoms with E-state index >= 15 is 0 Å². The van der Waals surface area contributed by atoms with E-state index in [1.54, 1.807) is 0 Å². The van der Waals surface area contributed by atoms with Gasteiger partial charge in [0.15, 0.2) is 5.78 Å². The van der Waals surface area contributed by atoms with Gasteiger partial charge in [0.25, 0.3) is 0 Å². The molecule has 4 heteroatoms. The third-order valence-electron chi connectivity index (χ3n) is 1.88. The molecule has 0 aliphatic heterocycles. The molecule has 1 rings (SSSR count). The summed E-state index contributed by atoms with van der Waals surface area (Å²) in [6.45, 7) is 7.02. The third kappa shape index (κ3) is 4.45. The molecule has 1 heterocycles. The Morgan fingerprint density at radius 2 is 2.20 bits per heavy atom. The average molecular weight is 290 g/mol. The van der Waals surface area contributed by atoms with E-state index in [-0.39, 0.29) is 11.3 Å². The van der Waals surface area contributed by atoms with Crippen molar-refractivity contribution in [3.05, 3.63) is 20.8 Å². The molecule has 0 unspecified atom stereocenters. The number of carbonyl (C=O) groups is 1. The molecule has 0 aliphatic rings. The van der Waals surface area contributed by atoms with Crippen LogP contribution in [0.2, 0.25) is 0 Å². The molecule has 15 heavy (non-hydrogen) atoms. The number of thiophene rings is 1. The van der Waals surface area contributed by atoms with Gasteiger partial charge in [0.05, 0.1) is 4.88 Å². The van der Waals surface area contributed by atoms with Crippen LogP contribution in [0.5, 0.6) is 0 Å². The van der Waals surface area contributed by atoms with Crippen LogP contribution in [0.4, 0.5) is 0 Å². The lowest BCUT2D eigenvalue weighted by Gasteiger charge is -2.19. The van der Waals surface area contributed by atoms with Crippen LogP contribution in [0.15, 0.2) is 15.9 Å². The first kappa shape index (κ1) is 12.9. The maximum Gasteiger partial charge on any atom is 0.175 e. The van der Waals surface area contributed by atoms with Crippen LogP contribution in [-0.4, -0.2) is 17.9 Å². The molecule has 0 aromatic carbocycles. The third-order valence-corrected chi connectivity index (χ3v) is 3.76. The molecular formula is C11H16BrNOS. The van der Waals surface area contributed by atoms with E-state index in [0.29, 0.717) is 6.42 Å². The fraction of sp³-hybridized carbons (Fsp3) is 0.545. The zero-order valence-corrected chi connectivity index (χ0v) is 11.7. The van der Waals surface area contributed by atoms with Crippen LogP contribution in [0.3, 0.4) is 0 Å². The number of ketones is 1. The van der Waals surface area contributed by atoms with Crippen LogP contribution in [-0.2, 0) is 0 Å². The average Bonchev–Trinajstić information content (AvgIpc) is 2.48. The van der Waals surface area contributed by atoms with Gasteiger partial charge in [-0.2, -0.15) is 0 Å². The van der Waals surface area contributed by atoms with Gasteiger partial charge in [0.2, 0.25) is 0 Å². The molecule has 0 amide bonds. The van der Waals surface area contributed by atoms with E-state index in [1.807, 2.05) is 11.4 Å². The van der Waals surface area contributed by atoms with Crippen LogP contribution >= 0.6 is 27.3 Å². The Morgan fingerprint density at radius 3 is 2.67 bits per heavy atom. The predicted octanol–water partition coefficient (Wildman–Crippen LogP) is 3.47. The van der Waals surface area contributed by atoms with Crippen molar-refractivity contribution in [3.8, 4) is 0 Å². The van der Waals surface area contributed by atoms with Crippen LogP contribution in [0, 0.1) is 0 Å². The Balaban J connectivity index is 2.41. The molecule has 0 spiro atoms. The first-order valence-electron chi connectivity index (χ1n) is 4.91. The zero-order valence-electron chi connectivity index (χ0n) is 9.26. The highest BCUT2D eigenvalue weighted by molar-refractivity contribution is 9.10. The Morgan fingerprint density at radius 1 is 1.53 bits per heavy atom. The SMILES string of the molecule is CC(C)(C)NCCC(=O)c1sccc1Br. The van der Waals surface area contributed by atoms with Crippen molar-refractivity contribution in [2.75, 3.05) is 6.54 Å². The second-order valence-electron chi connectivity index (χ2n) is 4.45. The summed E-state index contributed by atoms with van der Waals surface area (Å²) < 4.78 is 0.910. The molecule has 1 aromatic heterocycles. The molecule has 1 N–H and O–H groups in total. The minimum Gasteiger partial charge on any atom is -0.312 e. The maximum absolute atomic E-state index is 11.8. The molecule has 0 bridgehead atoms. The van der Waals surface area contributed by atoms with Gasteiger partial charge in [-0.1, -0.05) is 0 Å². The Bertz CT molecular complexity index is 341. The largest absolute Gasteiger partial charge is 0.312 e. The van der Waals surface area contributed by atoms with Crippen molar-refractivity contribution in [2.45, 2.75) is 32.7 Å². The lowest BCUT2D eigenvalue weighted by atomic mass is 10.1. The number of hydrogen-bond acceptors (Lipinski definition) is 3. The van der Waals surface area contributed by atoms with Crippen molar-refractivity contribution < 1.29 is 4.79 Å². The smallest absolute Gasteiger partial charge is 0.175 e. The summed E-state index contributed by atoms with van der Waals surface area (Å²) in [4.78, 5) is 12.6. The van der Waals surface area contributed by atoms with Gasteiger partial charge in [-0.15, -0.1) is 11.3 Å². The number of rotatable bonds is 4. The van der Waals surface area contributed by atoms with Crippen LogP contribution in [0.1, 0.15) is 36.9 Å². The summed E-state index contributed by atoms with van der Waals surface area (Å²) in [6, 6.07) is 1.91. The number of Topliss-reactive ketones (excluding diaryl/α,β-unsaturated/α-hetero) is 1. The number of nitrogens with one attached hydrogen (secondary N) is 1. The summed E-state index contributed by atoms with van der Waals surface area (Å²) in [5.74, 6) is 0.202. The second-order valence-corrected chi connectivity index (χ2v) is 6.22. The van der Waals surface area contributed by atoms with Crippen LogP contribution < -0.4 is 5.32 Å². The zero-order chi connectivity index (χ0) is 11.5. The number of halogens is 1. The first-order chi connectivity index (χ1) is 6.90.